The second kappa shape index (κ2) is 10.2. The smallest absolute Gasteiger partial charge is 0.251 e. The van der Waals surface area contributed by atoms with E-state index in [2.05, 4.69) is 60.6 Å². The molecule has 0 atom stereocenters. The molecular weight excluding hydrogens is 378 g/mol. The lowest BCUT2D eigenvalue weighted by atomic mass is 10.1. The lowest BCUT2D eigenvalue weighted by Crippen LogP contribution is -2.25. The molecule has 4 nitrogen and oxygen atoms in total. The van der Waals surface area contributed by atoms with Gasteiger partial charge in [-0.15, -0.1) is 10.2 Å². The fourth-order valence-electron chi connectivity index (χ4n) is 2.76. The van der Waals surface area contributed by atoms with Crippen molar-refractivity contribution in [2.75, 3.05) is 6.54 Å². The zero-order valence-corrected chi connectivity index (χ0v) is 18.0. The van der Waals surface area contributed by atoms with Crippen LogP contribution in [0.1, 0.15) is 41.8 Å². The summed E-state index contributed by atoms with van der Waals surface area (Å²) in [6.45, 7) is 7.09. The first kappa shape index (κ1) is 21.1. The van der Waals surface area contributed by atoms with Gasteiger partial charge in [0.1, 0.15) is 5.03 Å². The van der Waals surface area contributed by atoms with Gasteiger partial charge in [-0.25, -0.2) is 0 Å². The predicted molar refractivity (Wildman–Crippen MR) is 120 cm³/mol. The Bertz CT molecular complexity index is 920. The second-order valence-corrected chi connectivity index (χ2v) is 8.54. The van der Waals surface area contributed by atoms with Crippen LogP contribution in [0.4, 0.5) is 0 Å². The summed E-state index contributed by atoms with van der Waals surface area (Å²) in [5, 5.41) is 12.5. The van der Waals surface area contributed by atoms with Crippen LogP contribution < -0.4 is 5.32 Å². The van der Waals surface area contributed by atoms with E-state index in [1.54, 1.807) is 11.8 Å². The molecule has 0 radical (unpaired) electrons. The fraction of sp³-hybridized carbons (Fsp3) is 0.292. The first-order valence-electron chi connectivity index (χ1n) is 9.92. The maximum atomic E-state index is 12.1. The van der Waals surface area contributed by atoms with Crippen molar-refractivity contribution in [3.63, 3.8) is 0 Å². The van der Waals surface area contributed by atoms with Crippen molar-refractivity contribution in [2.45, 2.75) is 38.0 Å². The summed E-state index contributed by atoms with van der Waals surface area (Å²) in [5.74, 6) is 1.36. The molecule has 150 valence electrons. The molecule has 1 heterocycles. The maximum Gasteiger partial charge on any atom is 0.251 e. The molecule has 0 spiro atoms. The number of aromatic nitrogens is 2. The number of benzene rings is 2. The molecule has 0 saturated heterocycles. The zero-order chi connectivity index (χ0) is 20.6. The van der Waals surface area contributed by atoms with Crippen molar-refractivity contribution in [3.05, 3.63) is 77.4 Å². The third-order valence-corrected chi connectivity index (χ3v) is 5.59. The molecule has 2 aromatic carbocycles. The Morgan fingerprint density at radius 2 is 1.69 bits per heavy atom. The fourth-order valence-corrected chi connectivity index (χ4v) is 3.53. The van der Waals surface area contributed by atoms with E-state index >= 15 is 0 Å². The maximum absolute atomic E-state index is 12.1. The first-order chi connectivity index (χ1) is 14.0. The van der Waals surface area contributed by atoms with Gasteiger partial charge < -0.3 is 5.32 Å². The van der Waals surface area contributed by atoms with E-state index in [9.17, 15) is 4.79 Å². The summed E-state index contributed by atoms with van der Waals surface area (Å²) in [6, 6.07) is 20.0. The van der Waals surface area contributed by atoms with Gasteiger partial charge in [-0.05, 0) is 49.1 Å². The number of aryl methyl sites for hydroxylation is 1. The highest BCUT2D eigenvalue weighted by atomic mass is 32.2. The molecule has 0 bridgehead atoms. The van der Waals surface area contributed by atoms with Crippen LogP contribution in [0.3, 0.4) is 0 Å². The quantitative estimate of drug-likeness (QED) is 0.501. The molecule has 3 rings (SSSR count). The van der Waals surface area contributed by atoms with E-state index in [1.165, 1.54) is 5.56 Å². The Kier molecular flexibility index (Phi) is 7.42. The van der Waals surface area contributed by atoms with Gasteiger partial charge >= 0.3 is 0 Å². The van der Waals surface area contributed by atoms with Gasteiger partial charge in [0.2, 0.25) is 0 Å². The highest BCUT2D eigenvalue weighted by Gasteiger charge is 2.06. The summed E-state index contributed by atoms with van der Waals surface area (Å²) >= 11 is 1.64. The average molecular weight is 406 g/mol. The summed E-state index contributed by atoms with van der Waals surface area (Å²) in [7, 11) is 0. The van der Waals surface area contributed by atoms with Gasteiger partial charge in [-0.3, -0.25) is 4.79 Å². The van der Waals surface area contributed by atoms with E-state index in [1.807, 2.05) is 36.4 Å². The van der Waals surface area contributed by atoms with Gasteiger partial charge in [0.05, 0.1) is 5.69 Å². The number of rotatable bonds is 8. The number of carbonyl (C=O) groups excluding carboxylic acids is 1. The predicted octanol–water partition coefficient (Wildman–Crippen LogP) is 5.52. The topological polar surface area (TPSA) is 54.9 Å². The van der Waals surface area contributed by atoms with Crippen LogP contribution >= 0.6 is 11.8 Å². The Morgan fingerprint density at radius 3 is 2.31 bits per heavy atom. The summed E-state index contributed by atoms with van der Waals surface area (Å²) in [5.41, 5.74) is 5.03. The molecule has 0 aliphatic rings. The lowest BCUT2D eigenvalue weighted by molar-refractivity contribution is 0.0952. The number of hydrogen-bond donors (Lipinski definition) is 1. The van der Waals surface area contributed by atoms with Crippen LogP contribution in [0.2, 0.25) is 0 Å². The van der Waals surface area contributed by atoms with E-state index in [4.69, 9.17) is 0 Å². The Morgan fingerprint density at radius 1 is 0.966 bits per heavy atom. The normalized spacial score (nSPS) is 10.9. The highest BCUT2D eigenvalue weighted by Crippen LogP contribution is 2.23. The van der Waals surface area contributed by atoms with Crippen molar-refractivity contribution in [1.82, 2.24) is 15.5 Å². The van der Waals surface area contributed by atoms with Crippen LogP contribution in [-0.2, 0) is 5.75 Å². The summed E-state index contributed by atoms with van der Waals surface area (Å²) in [4.78, 5) is 12.1. The molecule has 1 amide bonds. The van der Waals surface area contributed by atoms with Crippen molar-refractivity contribution < 1.29 is 4.79 Å². The minimum Gasteiger partial charge on any atom is -0.352 e. The summed E-state index contributed by atoms with van der Waals surface area (Å²) < 4.78 is 0. The third kappa shape index (κ3) is 6.43. The molecule has 1 aromatic heterocycles. The monoisotopic (exact) mass is 405 g/mol. The average Bonchev–Trinajstić information content (AvgIpc) is 2.73. The molecule has 0 aliphatic carbocycles. The third-order valence-electron chi connectivity index (χ3n) is 4.60. The van der Waals surface area contributed by atoms with E-state index in [-0.39, 0.29) is 5.91 Å². The van der Waals surface area contributed by atoms with Gasteiger partial charge in [0.25, 0.3) is 5.91 Å². The number of thioether (sulfide) groups is 1. The minimum atomic E-state index is -0.0117. The van der Waals surface area contributed by atoms with Crippen LogP contribution in [0.25, 0.3) is 11.3 Å². The second-order valence-electron chi connectivity index (χ2n) is 7.55. The molecule has 0 unspecified atom stereocenters. The zero-order valence-electron chi connectivity index (χ0n) is 17.2. The van der Waals surface area contributed by atoms with Crippen molar-refractivity contribution >= 4 is 17.7 Å². The minimum absolute atomic E-state index is 0.0117. The number of nitrogens with one attached hydrogen (secondary N) is 1. The lowest BCUT2D eigenvalue weighted by Gasteiger charge is -2.08. The molecule has 5 heteroatoms. The van der Waals surface area contributed by atoms with E-state index in [0.717, 1.165) is 34.0 Å². The molecule has 0 aliphatic heterocycles. The van der Waals surface area contributed by atoms with Crippen molar-refractivity contribution in [1.29, 1.82) is 0 Å². The van der Waals surface area contributed by atoms with Crippen molar-refractivity contribution in [2.24, 2.45) is 5.92 Å². The molecule has 3 aromatic rings. The Balaban J connectivity index is 1.52. The van der Waals surface area contributed by atoms with E-state index in [0.29, 0.717) is 18.0 Å². The molecule has 29 heavy (non-hydrogen) atoms. The standard InChI is InChI=1S/C24H27N3OS/c1-17(2)14-15-25-24(28)21-10-6-19(7-11-21)16-29-23-13-12-22(26-27-23)20-8-4-18(3)5-9-20/h4-13,17H,14-16H2,1-3H3,(H,25,28). The largest absolute Gasteiger partial charge is 0.352 e. The highest BCUT2D eigenvalue weighted by molar-refractivity contribution is 7.98. The van der Waals surface area contributed by atoms with Crippen molar-refractivity contribution in [3.8, 4) is 11.3 Å². The number of nitrogens with zero attached hydrogens (tertiary/aromatic N) is 2. The molecule has 0 saturated carbocycles. The Labute approximate surface area is 177 Å². The van der Waals surface area contributed by atoms with E-state index < -0.39 is 0 Å². The number of carbonyl (C=O) groups is 1. The van der Waals surface area contributed by atoms with Gasteiger partial charge in [-0.2, -0.15) is 0 Å². The van der Waals surface area contributed by atoms with Gasteiger partial charge in [0, 0.05) is 23.4 Å². The van der Waals surface area contributed by atoms with Crippen LogP contribution in [-0.4, -0.2) is 22.6 Å². The SMILES string of the molecule is Cc1ccc(-c2ccc(SCc3ccc(C(=O)NCCC(C)C)cc3)nn2)cc1. The Hall–Kier alpha value is -2.66. The van der Waals surface area contributed by atoms with Gasteiger partial charge in [0.15, 0.2) is 0 Å². The molecule has 0 fully saturated rings. The van der Waals surface area contributed by atoms with Gasteiger partial charge in [-0.1, -0.05) is 67.6 Å². The molecule has 1 N–H and O–H groups in total. The summed E-state index contributed by atoms with van der Waals surface area (Å²) in [6.07, 6.45) is 0.990. The molecular formula is C24H27N3OS. The number of hydrogen-bond acceptors (Lipinski definition) is 4. The van der Waals surface area contributed by atoms with Crippen LogP contribution in [0.15, 0.2) is 65.7 Å². The van der Waals surface area contributed by atoms with Crippen LogP contribution in [0.5, 0.6) is 0 Å². The van der Waals surface area contributed by atoms with Crippen LogP contribution in [0, 0.1) is 12.8 Å². The first-order valence-corrected chi connectivity index (χ1v) is 10.9. The number of amides is 1.